The van der Waals surface area contributed by atoms with Gasteiger partial charge in [-0.25, -0.2) is 8.42 Å². The molecule has 0 saturated carbocycles. The Bertz CT molecular complexity index is 1110. The highest BCUT2D eigenvalue weighted by Gasteiger charge is 2.52. The Morgan fingerprint density at radius 2 is 1.71 bits per heavy atom. The van der Waals surface area contributed by atoms with Crippen LogP contribution in [-0.4, -0.2) is 88.9 Å². The van der Waals surface area contributed by atoms with Gasteiger partial charge in [0.15, 0.2) is 0 Å². The van der Waals surface area contributed by atoms with Gasteiger partial charge in [0.2, 0.25) is 15.8 Å². The molecule has 0 bridgehead atoms. The smallest absolute Gasteiger partial charge is 0.243 e. The van der Waals surface area contributed by atoms with Crippen molar-refractivity contribution >= 4 is 15.7 Å². The molecule has 1 spiro atoms. The lowest BCUT2D eigenvalue weighted by molar-refractivity contribution is -0.177. The minimum Gasteiger partial charge on any atom is -0.508 e. The molecule has 3 aliphatic rings. The zero-order valence-corrected chi connectivity index (χ0v) is 20.2. The van der Waals surface area contributed by atoms with Gasteiger partial charge in [-0.15, -0.1) is 0 Å². The van der Waals surface area contributed by atoms with Gasteiger partial charge in [0.05, 0.1) is 37.3 Å². The number of phenols is 1. The van der Waals surface area contributed by atoms with Crippen LogP contribution in [0.4, 0.5) is 5.69 Å². The van der Waals surface area contributed by atoms with E-state index in [0.717, 1.165) is 38.4 Å². The Morgan fingerprint density at radius 1 is 1.00 bits per heavy atom. The molecule has 0 atom stereocenters. The van der Waals surface area contributed by atoms with E-state index in [2.05, 4.69) is 9.80 Å². The van der Waals surface area contributed by atoms with Gasteiger partial charge in [0.1, 0.15) is 11.5 Å². The van der Waals surface area contributed by atoms with Crippen molar-refractivity contribution in [1.29, 1.82) is 0 Å². The number of methoxy groups -OCH3 is 1. The fraction of sp³-hybridized carbons (Fsp3) is 0.500. The fourth-order valence-electron chi connectivity index (χ4n) is 5.06. The molecule has 0 aliphatic carbocycles. The lowest BCUT2D eigenvalue weighted by atomic mass is 10.0. The summed E-state index contributed by atoms with van der Waals surface area (Å²) in [7, 11) is -2.16. The van der Waals surface area contributed by atoms with Crippen molar-refractivity contribution in [3.8, 4) is 11.5 Å². The maximum absolute atomic E-state index is 13.4. The molecule has 9 nitrogen and oxygen atoms in total. The van der Waals surface area contributed by atoms with Crippen molar-refractivity contribution in [2.75, 3.05) is 71.0 Å². The molecule has 2 aromatic carbocycles. The standard InChI is InChI=1S/C24H31N3O6S/c1-31-21-4-2-5-22-23(21)24(32-16-17-33-24)18-27(34(22,29)30)11-3-10-25-12-14-26(15-13-25)19-6-8-20(28)9-7-19/h2,4-9,28H,3,10-18H2,1H3. The van der Waals surface area contributed by atoms with Crippen LogP contribution in [-0.2, 0) is 25.3 Å². The first-order chi connectivity index (χ1) is 16.4. The number of hydrogen-bond donors (Lipinski definition) is 1. The van der Waals surface area contributed by atoms with Crippen molar-refractivity contribution in [1.82, 2.24) is 9.21 Å². The highest BCUT2D eigenvalue weighted by molar-refractivity contribution is 7.89. The number of anilines is 1. The number of rotatable bonds is 6. The quantitative estimate of drug-likeness (QED) is 0.657. The van der Waals surface area contributed by atoms with Gasteiger partial charge in [-0.2, -0.15) is 4.31 Å². The van der Waals surface area contributed by atoms with Crippen LogP contribution < -0.4 is 9.64 Å². The molecule has 1 N–H and O–H groups in total. The maximum Gasteiger partial charge on any atom is 0.243 e. The number of piperazine rings is 1. The second-order valence-electron chi connectivity index (χ2n) is 8.82. The number of fused-ring (bicyclic) bond motifs is 2. The SMILES string of the molecule is COc1cccc2c1C1(CN(CCCN3CCN(c4ccc(O)cc4)CC3)S2(=O)=O)OCCO1. The molecule has 2 aromatic rings. The molecule has 0 radical (unpaired) electrons. The molecule has 0 unspecified atom stereocenters. The van der Waals surface area contributed by atoms with Crippen molar-refractivity contribution in [3.63, 3.8) is 0 Å². The van der Waals surface area contributed by atoms with Crippen LogP contribution in [0.2, 0.25) is 0 Å². The molecule has 3 heterocycles. The van der Waals surface area contributed by atoms with Crippen LogP contribution in [0.3, 0.4) is 0 Å². The van der Waals surface area contributed by atoms with Gasteiger partial charge in [-0.05, 0) is 49.4 Å². The monoisotopic (exact) mass is 489 g/mol. The zero-order chi connectivity index (χ0) is 23.8. The molecule has 3 aliphatic heterocycles. The summed E-state index contributed by atoms with van der Waals surface area (Å²) in [5.74, 6) is -0.386. The van der Waals surface area contributed by atoms with E-state index in [-0.39, 0.29) is 17.2 Å². The Balaban J connectivity index is 1.23. The molecule has 10 heteroatoms. The second-order valence-corrected chi connectivity index (χ2v) is 10.7. The van der Waals surface area contributed by atoms with E-state index in [0.29, 0.717) is 37.5 Å². The predicted octanol–water partition coefficient (Wildman–Crippen LogP) is 1.82. The number of aromatic hydroxyl groups is 1. The third-order valence-electron chi connectivity index (χ3n) is 6.81. The Kier molecular flexibility index (Phi) is 6.43. The van der Waals surface area contributed by atoms with E-state index in [1.807, 2.05) is 12.1 Å². The van der Waals surface area contributed by atoms with Gasteiger partial charge >= 0.3 is 0 Å². The minimum atomic E-state index is -3.68. The number of nitrogens with zero attached hydrogens (tertiary/aromatic N) is 3. The van der Waals surface area contributed by atoms with Crippen LogP contribution in [0.25, 0.3) is 0 Å². The Hall–Kier alpha value is -2.37. The third kappa shape index (κ3) is 4.25. The minimum absolute atomic E-state index is 0.122. The summed E-state index contributed by atoms with van der Waals surface area (Å²) in [6.45, 7) is 5.76. The van der Waals surface area contributed by atoms with Crippen molar-refractivity contribution in [3.05, 3.63) is 48.0 Å². The summed E-state index contributed by atoms with van der Waals surface area (Å²) in [5.41, 5.74) is 1.57. The predicted molar refractivity (Wildman–Crippen MR) is 127 cm³/mol. The Labute approximate surface area is 200 Å². The summed E-state index contributed by atoms with van der Waals surface area (Å²) in [5, 5.41) is 9.49. The van der Waals surface area contributed by atoms with Gasteiger partial charge < -0.3 is 24.2 Å². The van der Waals surface area contributed by atoms with Crippen LogP contribution in [0.1, 0.15) is 12.0 Å². The van der Waals surface area contributed by atoms with Gasteiger partial charge in [0, 0.05) is 38.4 Å². The summed E-state index contributed by atoms with van der Waals surface area (Å²) in [6.07, 6.45) is 0.716. The van der Waals surface area contributed by atoms with E-state index >= 15 is 0 Å². The van der Waals surface area contributed by atoms with Gasteiger partial charge in [-0.1, -0.05) is 6.07 Å². The van der Waals surface area contributed by atoms with Gasteiger partial charge in [-0.3, -0.25) is 4.90 Å². The lowest BCUT2D eigenvalue weighted by Crippen LogP contribution is -2.51. The topological polar surface area (TPSA) is 91.8 Å². The lowest BCUT2D eigenvalue weighted by Gasteiger charge is -2.40. The fourth-order valence-corrected chi connectivity index (χ4v) is 6.81. The van der Waals surface area contributed by atoms with Crippen LogP contribution in [0.5, 0.6) is 11.5 Å². The highest BCUT2D eigenvalue weighted by atomic mass is 32.2. The first kappa shape index (κ1) is 23.4. The molecular formula is C24H31N3O6S. The van der Waals surface area contributed by atoms with E-state index in [9.17, 15) is 13.5 Å². The summed E-state index contributed by atoms with van der Waals surface area (Å²) in [4.78, 5) is 4.86. The molecule has 2 saturated heterocycles. The molecular weight excluding hydrogens is 458 g/mol. The molecule has 2 fully saturated rings. The van der Waals surface area contributed by atoms with Crippen LogP contribution >= 0.6 is 0 Å². The van der Waals surface area contributed by atoms with E-state index < -0.39 is 15.8 Å². The van der Waals surface area contributed by atoms with Crippen LogP contribution in [0, 0.1) is 0 Å². The largest absolute Gasteiger partial charge is 0.508 e. The average molecular weight is 490 g/mol. The van der Waals surface area contributed by atoms with Gasteiger partial charge in [0.25, 0.3) is 0 Å². The normalized spacial score (nSPS) is 22.1. The van der Waals surface area contributed by atoms with E-state index in [4.69, 9.17) is 14.2 Å². The third-order valence-corrected chi connectivity index (χ3v) is 8.70. The zero-order valence-electron chi connectivity index (χ0n) is 19.4. The Morgan fingerprint density at radius 3 is 2.38 bits per heavy atom. The van der Waals surface area contributed by atoms with Crippen LogP contribution in [0.15, 0.2) is 47.4 Å². The average Bonchev–Trinajstić information content (AvgIpc) is 3.32. The van der Waals surface area contributed by atoms with Crippen molar-refractivity contribution in [2.24, 2.45) is 0 Å². The van der Waals surface area contributed by atoms with E-state index in [1.54, 1.807) is 30.3 Å². The number of benzene rings is 2. The molecule has 5 rings (SSSR count). The summed E-state index contributed by atoms with van der Waals surface area (Å²) >= 11 is 0. The number of ether oxygens (including phenoxy) is 3. The highest BCUT2D eigenvalue weighted by Crippen LogP contribution is 2.46. The van der Waals surface area contributed by atoms with Crippen molar-refractivity contribution in [2.45, 2.75) is 17.1 Å². The molecule has 0 amide bonds. The molecule has 0 aromatic heterocycles. The van der Waals surface area contributed by atoms with Crippen molar-refractivity contribution < 1.29 is 27.7 Å². The maximum atomic E-state index is 13.4. The summed E-state index contributed by atoms with van der Waals surface area (Å²) in [6, 6.07) is 12.3. The first-order valence-corrected chi connectivity index (χ1v) is 13.1. The number of sulfonamides is 1. The summed E-state index contributed by atoms with van der Waals surface area (Å²) < 4.78 is 45.8. The first-order valence-electron chi connectivity index (χ1n) is 11.6. The second kappa shape index (κ2) is 9.35. The number of hydrogen-bond acceptors (Lipinski definition) is 8. The molecule has 34 heavy (non-hydrogen) atoms. The number of phenolic OH excluding ortho intramolecular Hbond substituents is 1. The molecule has 184 valence electrons. The van der Waals surface area contributed by atoms with E-state index in [1.165, 1.54) is 11.4 Å².